The van der Waals surface area contributed by atoms with Gasteiger partial charge in [0.05, 0.1) is 15.6 Å². The molecule has 2 N–H and O–H groups in total. The van der Waals surface area contributed by atoms with Crippen molar-refractivity contribution in [3.05, 3.63) is 29.0 Å². The van der Waals surface area contributed by atoms with Crippen LogP contribution in [0.5, 0.6) is 0 Å². The molecule has 0 radical (unpaired) electrons. The number of anilines is 1. The average molecular weight is 272 g/mol. The van der Waals surface area contributed by atoms with Crippen LogP contribution in [0.25, 0.3) is 11.3 Å². The van der Waals surface area contributed by atoms with Crippen LogP contribution in [0, 0.1) is 5.82 Å². The molecule has 2 rings (SSSR count). The fraction of sp³-hybridized carbons (Fsp3) is 0.182. The first kappa shape index (κ1) is 12.3. The highest BCUT2D eigenvalue weighted by atomic mass is 35.5. The SMILES string of the molecule is CSc1c(F)cc(-c2cc(N)n(C)n2)cc1Cl. The van der Waals surface area contributed by atoms with Crippen LogP contribution in [0.4, 0.5) is 10.2 Å². The Hall–Kier alpha value is -1.20. The first-order valence-electron chi connectivity index (χ1n) is 4.86. The lowest BCUT2D eigenvalue weighted by Gasteiger charge is -2.04. The Bertz CT molecular complexity index is 525. The predicted molar refractivity (Wildman–Crippen MR) is 69.8 cm³/mol. The summed E-state index contributed by atoms with van der Waals surface area (Å²) in [5.41, 5.74) is 6.91. The number of nitrogens with zero attached hydrogens (tertiary/aromatic N) is 2. The van der Waals surface area contributed by atoms with Crippen molar-refractivity contribution < 1.29 is 4.39 Å². The molecule has 1 aromatic heterocycles. The van der Waals surface area contributed by atoms with E-state index in [9.17, 15) is 4.39 Å². The smallest absolute Gasteiger partial charge is 0.138 e. The van der Waals surface area contributed by atoms with Gasteiger partial charge in [-0.3, -0.25) is 4.68 Å². The number of hydrogen-bond acceptors (Lipinski definition) is 3. The Morgan fingerprint density at radius 2 is 2.12 bits per heavy atom. The second-order valence-corrected chi connectivity index (χ2v) is 4.77. The molecule has 0 fully saturated rings. The summed E-state index contributed by atoms with van der Waals surface area (Å²) in [7, 11) is 1.73. The van der Waals surface area contributed by atoms with E-state index in [2.05, 4.69) is 5.10 Å². The first-order chi connectivity index (χ1) is 8.02. The number of aromatic nitrogens is 2. The van der Waals surface area contributed by atoms with Crippen LogP contribution in [-0.2, 0) is 7.05 Å². The third-order valence-electron chi connectivity index (χ3n) is 2.41. The molecule has 0 aliphatic carbocycles. The van der Waals surface area contributed by atoms with Crippen molar-refractivity contribution in [2.45, 2.75) is 4.90 Å². The molecule has 1 heterocycles. The summed E-state index contributed by atoms with van der Waals surface area (Å²) in [6.45, 7) is 0. The van der Waals surface area contributed by atoms with Gasteiger partial charge in [-0.15, -0.1) is 11.8 Å². The highest BCUT2D eigenvalue weighted by Crippen LogP contribution is 2.33. The van der Waals surface area contributed by atoms with Crippen molar-refractivity contribution >= 4 is 29.2 Å². The lowest BCUT2D eigenvalue weighted by molar-refractivity contribution is 0.603. The van der Waals surface area contributed by atoms with Crippen molar-refractivity contribution in [2.24, 2.45) is 7.05 Å². The number of halogens is 2. The molecule has 0 unspecified atom stereocenters. The molecule has 90 valence electrons. The maximum absolute atomic E-state index is 13.7. The number of thioether (sulfide) groups is 1. The normalized spacial score (nSPS) is 10.8. The van der Waals surface area contributed by atoms with Gasteiger partial charge in [0.1, 0.15) is 11.6 Å². The molecule has 2 aromatic rings. The molecule has 0 aliphatic heterocycles. The second kappa shape index (κ2) is 4.58. The topological polar surface area (TPSA) is 43.8 Å². The summed E-state index contributed by atoms with van der Waals surface area (Å²) in [5, 5.41) is 4.56. The summed E-state index contributed by atoms with van der Waals surface area (Å²) in [5.74, 6) is 0.176. The van der Waals surface area contributed by atoms with E-state index >= 15 is 0 Å². The molecular weight excluding hydrogens is 261 g/mol. The zero-order valence-electron chi connectivity index (χ0n) is 9.37. The maximum Gasteiger partial charge on any atom is 0.138 e. The van der Waals surface area contributed by atoms with Crippen molar-refractivity contribution in [3.8, 4) is 11.3 Å². The minimum absolute atomic E-state index is 0.343. The lowest BCUT2D eigenvalue weighted by Crippen LogP contribution is -1.96. The monoisotopic (exact) mass is 271 g/mol. The van der Waals surface area contributed by atoms with Gasteiger partial charge < -0.3 is 5.73 Å². The standard InChI is InChI=1S/C11H11ClFN3S/c1-16-10(14)5-9(15-16)6-3-7(12)11(17-2)8(13)4-6/h3-5H,14H2,1-2H3. The van der Waals surface area contributed by atoms with Crippen LogP contribution in [0.15, 0.2) is 23.1 Å². The molecule has 0 saturated heterocycles. The molecular formula is C11H11ClFN3S. The highest BCUT2D eigenvalue weighted by Gasteiger charge is 2.12. The molecule has 0 amide bonds. The van der Waals surface area contributed by atoms with E-state index in [1.54, 1.807) is 25.4 Å². The third kappa shape index (κ3) is 2.25. The molecule has 0 saturated carbocycles. The number of hydrogen-bond donors (Lipinski definition) is 1. The van der Waals surface area contributed by atoms with Crippen molar-refractivity contribution in [1.29, 1.82) is 0 Å². The van der Waals surface area contributed by atoms with Gasteiger partial charge >= 0.3 is 0 Å². The summed E-state index contributed by atoms with van der Waals surface area (Å²) >= 11 is 7.28. The first-order valence-corrected chi connectivity index (χ1v) is 6.46. The van der Waals surface area contributed by atoms with Crippen LogP contribution >= 0.6 is 23.4 Å². The maximum atomic E-state index is 13.7. The molecule has 0 bridgehead atoms. The van der Waals surface area contributed by atoms with Gasteiger partial charge in [-0.2, -0.15) is 5.10 Å². The largest absolute Gasteiger partial charge is 0.384 e. The Labute approximate surface area is 108 Å². The molecule has 17 heavy (non-hydrogen) atoms. The van der Waals surface area contributed by atoms with Crippen LogP contribution in [0.2, 0.25) is 5.02 Å². The Kier molecular flexibility index (Phi) is 3.31. The quantitative estimate of drug-likeness (QED) is 0.853. The van der Waals surface area contributed by atoms with E-state index in [-0.39, 0.29) is 5.82 Å². The molecule has 3 nitrogen and oxygen atoms in total. The van der Waals surface area contributed by atoms with Crippen molar-refractivity contribution in [2.75, 3.05) is 12.0 Å². The fourth-order valence-electron chi connectivity index (χ4n) is 1.53. The van der Waals surface area contributed by atoms with E-state index in [1.807, 2.05) is 0 Å². The van der Waals surface area contributed by atoms with Gasteiger partial charge in [0.2, 0.25) is 0 Å². The van der Waals surface area contributed by atoms with Gasteiger partial charge in [-0.05, 0) is 18.4 Å². The third-order valence-corrected chi connectivity index (χ3v) is 3.65. The predicted octanol–water partition coefficient (Wildman–Crippen LogP) is 3.18. The molecule has 6 heteroatoms. The molecule has 0 spiro atoms. The Balaban J connectivity index is 2.54. The number of rotatable bonds is 2. The molecule has 1 aromatic carbocycles. The average Bonchev–Trinajstić information content (AvgIpc) is 2.59. The highest BCUT2D eigenvalue weighted by molar-refractivity contribution is 7.98. The van der Waals surface area contributed by atoms with E-state index in [0.29, 0.717) is 27.0 Å². The summed E-state index contributed by atoms with van der Waals surface area (Å²) < 4.78 is 15.3. The molecule has 0 atom stereocenters. The fourth-order valence-corrected chi connectivity index (χ4v) is 2.47. The number of nitrogens with two attached hydrogens (primary N) is 1. The van der Waals surface area contributed by atoms with Gasteiger partial charge in [-0.25, -0.2) is 4.39 Å². The Morgan fingerprint density at radius 3 is 2.59 bits per heavy atom. The van der Waals surface area contributed by atoms with Crippen LogP contribution < -0.4 is 5.73 Å². The van der Waals surface area contributed by atoms with E-state index in [1.165, 1.54) is 22.5 Å². The van der Waals surface area contributed by atoms with Crippen molar-refractivity contribution in [1.82, 2.24) is 9.78 Å². The number of aryl methyl sites for hydroxylation is 1. The van der Waals surface area contributed by atoms with Gasteiger partial charge in [0.15, 0.2) is 0 Å². The molecule has 0 aliphatic rings. The lowest BCUT2D eigenvalue weighted by atomic mass is 10.1. The van der Waals surface area contributed by atoms with E-state index < -0.39 is 0 Å². The zero-order chi connectivity index (χ0) is 12.6. The number of nitrogen functional groups attached to an aromatic ring is 1. The van der Waals surface area contributed by atoms with Crippen LogP contribution in [0.3, 0.4) is 0 Å². The van der Waals surface area contributed by atoms with Crippen LogP contribution in [-0.4, -0.2) is 16.0 Å². The Morgan fingerprint density at radius 1 is 1.41 bits per heavy atom. The van der Waals surface area contributed by atoms with E-state index in [0.717, 1.165) is 0 Å². The minimum Gasteiger partial charge on any atom is -0.384 e. The summed E-state index contributed by atoms with van der Waals surface area (Å²) in [4.78, 5) is 0.444. The van der Waals surface area contributed by atoms with Gasteiger partial charge in [0.25, 0.3) is 0 Å². The minimum atomic E-state index is -0.343. The van der Waals surface area contributed by atoms with Crippen molar-refractivity contribution in [3.63, 3.8) is 0 Å². The number of benzene rings is 1. The van der Waals surface area contributed by atoms with Crippen LogP contribution in [0.1, 0.15) is 0 Å². The second-order valence-electron chi connectivity index (χ2n) is 3.55. The van der Waals surface area contributed by atoms with E-state index in [4.69, 9.17) is 17.3 Å². The summed E-state index contributed by atoms with van der Waals surface area (Å²) in [6.07, 6.45) is 1.78. The zero-order valence-corrected chi connectivity index (χ0v) is 10.9. The summed E-state index contributed by atoms with van der Waals surface area (Å²) in [6, 6.07) is 4.79. The van der Waals surface area contributed by atoms with Gasteiger partial charge in [0, 0.05) is 18.7 Å². The van der Waals surface area contributed by atoms with Gasteiger partial charge in [-0.1, -0.05) is 11.6 Å².